The molecule has 1 aliphatic rings. The van der Waals surface area contributed by atoms with Crippen molar-refractivity contribution in [2.45, 2.75) is 0 Å². The molecule has 138 valence electrons. The predicted molar refractivity (Wildman–Crippen MR) is 104 cm³/mol. The Kier molecular flexibility index (Phi) is 5.52. The summed E-state index contributed by atoms with van der Waals surface area (Å²) in [7, 11) is 1.40. The molecule has 2 aromatic carbocycles. The second-order valence-electron chi connectivity index (χ2n) is 5.36. The van der Waals surface area contributed by atoms with E-state index in [1.807, 2.05) is 0 Å². The fraction of sp³-hybridized carbons (Fsp3) is 0.0556. The van der Waals surface area contributed by atoms with Gasteiger partial charge in [0.05, 0.1) is 23.3 Å². The molecule has 27 heavy (non-hydrogen) atoms. The minimum absolute atomic E-state index is 0.0965. The van der Waals surface area contributed by atoms with E-state index in [1.165, 1.54) is 25.3 Å². The predicted octanol–water partition coefficient (Wildman–Crippen LogP) is 3.12. The summed E-state index contributed by atoms with van der Waals surface area (Å²) in [5.41, 5.74) is 0.791. The van der Waals surface area contributed by atoms with Gasteiger partial charge in [-0.1, -0.05) is 27.7 Å². The van der Waals surface area contributed by atoms with Crippen LogP contribution in [0.25, 0.3) is 6.08 Å². The van der Waals surface area contributed by atoms with Gasteiger partial charge in [-0.3, -0.25) is 4.79 Å². The van der Waals surface area contributed by atoms with Gasteiger partial charge in [-0.25, -0.2) is 9.79 Å². The van der Waals surface area contributed by atoms with Crippen LogP contribution in [-0.2, 0) is 4.79 Å². The van der Waals surface area contributed by atoms with E-state index in [2.05, 4.69) is 26.2 Å². The molecular weight excluding hydrogens is 436 g/mol. The number of methoxy groups -OCH3 is 1. The molecule has 2 aromatic rings. The number of halogens is 1. The first-order valence-corrected chi connectivity index (χ1v) is 9.16. The largest absolute Gasteiger partial charge is 0.870 e. The number of carboxylic acids is 1. The highest BCUT2D eigenvalue weighted by Crippen LogP contribution is 2.35. The quantitative estimate of drug-likeness (QED) is 0.696. The zero-order valence-electron chi connectivity index (χ0n) is 13.9. The van der Waals surface area contributed by atoms with Gasteiger partial charge in [0.1, 0.15) is 5.75 Å². The van der Waals surface area contributed by atoms with Crippen LogP contribution in [0.5, 0.6) is 11.5 Å². The van der Waals surface area contributed by atoms with Crippen molar-refractivity contribution in [1.82, 2.24) is 5.32 Å². The van der Waals surface area contributed by atoms with Gasteiger partial charge in [0.15, 0.2) is 5.17 Å². The topological polar surface area (TPSA) is 111 Å². The van der Waals surface area contributed by atoms with Crippen molar-refractivity contribution in [3.8, 4) is 11.5 Å². The lowest BCUT2D eigenvalue weighted by atomic mass is 10.1. The van der Waals surface area contributed by atoms with Gasteiger partial charge >= 0.3 is 5.97 Å². The molecule has 2 N–H and O–H groups in total. The van der Waals surface area contributed by atoms with Crippen LogP contribution in [0, 0.1) is 0 Å². The minimum Gasteiger partial charge on any atom is -0.870 e. The van der Waals surface area contributed by atoms with Crippen LogP contribution >= 0.6 is 27.7 Å². The second kappa shape index (κ2) is 7.85. The Balaban J connectivity index is 1.90. The standard InChI is InChI=1S/C18H13BrN2O5S/c1-26-13-8-11(19)5-10(15(13)22)7-14-16(23)21-18(27-14)20-12-4-2-3-9(6-12)17(24)25/h2-8,22H,1H3,(H,24,25)(H,20,21,23)/p-1/b14-7-. The Morgan fingerprint density at radius 1 is 1.37 bits per heavy atom. The van der Waals surface area contributed by atoms with Crippen LogP contribution in [0.2, 0.25) is 0 Å². The Bertz CT molecular complexity index is 1000. The fourth-order valence-corrected chi connectivity index (χ4v) is 3.58. The summed E-state index contributed by atoms with van der Waals surface area (Å²) in [6.07, 6.45) is 1.46. The zero-order chi connectivity index (χ0) is 19.6. The number of carbonyl (C=O) groups excluding carboxylic acids is 1. The van der Waals surface area contributed by atoms with E-state index in [0.717, 1.165) is 11.8 Å². The maximum Gasteiger partial charge on any atom is 0.335 e. The number of ether oxygens (including phenoxy) is 1. The molecule has 0 aliphatic carbocycles. The van der Waals surface area contributed by atoms with Crippen LogP contribution < -0.4 is 15.2 Å². The molecule has 0 spiro atoms. The lowest BCUT2D eigenvalue weighted by molar-refractivity contribution is -0.270. The number of nitrogens with one attached hydrogen (secondary N) is 1. The van der Waals surface area contributed by atoms with E-state index >= 15 is 0 Å². The van der Waals surface area contributed by atoms with Crippen molar-refractivity contribution in [2.24, 2.45) is 4.99 Å². The van der Waals surface area contributed by atoms with Gasteiger partial charge in [-0.2, -0.15) is 0 Å². The average molecular weight is 448 g/mol. The number of carbonyl (C=O) groups is 2. The smallest absolute Gasteiger partial charge is 0.335 e. The van der Waals surface area contributed by atoms with Crippen LogP contribution in [0.3, 0.4) is 0 Å². The molecule has 9 heteroatoms. The minimum atomic E-state index is -1.06. The van der Waals surface area contributed by atoms with Crippen molar-refractivity contribution in [2.75, 3.05) is 7.11 Å². The fourth-order valence-electron chi connectivity index (χ4n) is 2.30. The van der Waals surface area contributed by atoms with Crippen LogP contribution in [-0.4, -0.2) is 29.3 Å². The molecule has 3 rings (SSSR count). The number of nitrogens with zero attached hydrogens (tertiary/aromatic N) is 1. The highest BCUT2D eigenvalue weighted by atomic mass is 79.9. The van der Waals surface area contributed by atoms with E-state index < -0.39 is 11.9 Å². The van der Waals surface area contributed by atoms with Gasteiger partial charge in [0.25, 0.3) is 5.91 Å². The highest BCUT2D eigenvalue weighted by Gasteiger charge is 2.24. The van der Waals surface area contributed by atoms with E-state index in [9.17, 15) is 14.7 Å². The Morgan fingerprint density at radius 3 is 2.85 bits per heavy atom. The van der Waals surface area contributed by atoms with E-state index in [0.29, 0.717) is 25.8 Å². The van der Waals surface area contributed by atoms with Gasteiger partial charge in [0, 0.05) is 4.47 Å². The van der Waals surface area contributed by atoms with Crippen molar-refractivity contribution < 1.29 is 24.5 Å². The van der Waals surface area contributed by atoms with Crippen molar-refractivity contribution >= 4 is 56.5 Å². The summed E-state index contributed by atoms with van der Waals surface area (Å²) >= 11 is 4.36. The van der Waals surface area contributed by atoms with Crippen molar-refractivity contribution in [1.29, 1.82) is 0 Å². The molecule has 0 unspecified atom stereocenters. The second-order valence-corrected chi connectivity index (χ2v) is 7.31. The number of amidine groups is 1. The van der Waals surface area contributed by atoms with E-state index in [1.54, 1.807) is 24.3 Å². The number of rotatable bonds is 4. The number of hydrogen-bond acceptors (Lipinski definition) is 6. The van der Waals surface area contributed by atoms with Crippen LogP contribution in [0.15, 0.2) is 50.8 Å². The summed E-state index contributed by atoms with van der Waals surface area (Å²) in [5, 5.41) is 24.2. The summed E-state index contributed by atoms with van der Waals surface area (Å²) in [4.78, 5) is 27.8. The summed E-state index contributed by atoms with van der Waals surface area (Å²) in [6, 6.07) is 9.19. The van der Waals surface area contributed by atoms with Gasteiger partial charge in [-0.15, -0.1) is 0 Å². The number of benzene rings is 2. The zero-order valence-corrected chi connectivity index (χ0v) is 16.3. The lowest BCUT2D eigenvalue weighted by Crippen LogP contribution is -2.19. The van der Waals surface area contributed by atoms with Crippen molar-refractivity contribution in [3.05, 3.63) is 56.9 Å². The third-order valence-electron chi connectivity index (χ3n) is 3.53. The van der Waals surface area contributed by atoms with Gasteiger partial charge in [0.2, 0.25) is 0 Å². The number of amides is 1. The molecule has 7 nitrogen and oxygen atoms in total. The van der Waals surface area contributed by atoms with Gasteiger partial charge in [-0.05, 0) is 53.7 Å². The first-order valence-electron chi connectivity index (χ1n) is 7.55. The van der Waals surface area contributed by atoms with Crippen LogP contribution in [0.4, 0.5) is 5.69 Å². The van der Waals surface area contributed by atoms with E-state index in [-0.39, 0.29) is 17.1 Å². The Hall–Kier alpha value is -2.78. The molecule has 0 aromatic heterocycles. The maximum atomic E-state index is 12.3. The first kappa shape index (κ1) is 19.0. The number of hydrogen-bond donors (Lipinski definition) is 2. The average Bonchev–Trinajstić information content (AvgIpc) is 2.97. The Labute approximate surface area is 166 Å². The molecule has 1 aliphatic heterocycles. The third-order valence-corrected chi connectivity index (χ3v) is 4.90. The van der Waals surface area contributed by atoms with Crippen LogP contribution in [0.1, 0.15) is 15.9 Å². The molecule has 1 amide bonds. The molecule has 0 radical (unpaired) electrons. The third kappa shape index (κ3) is 4.32. The monoisotopic (exact) mass is 447 g/mol. The molecule has 0 saturated carbocycles. The maximum absolute atomic E-state index is 12.3. The molecule has 0 bridgehead atoms. The summed E-state index contributed by atoms with van der Waals surface area (Å²) < 4.78 is 5.68. The molecular formula is C18H12BrN2O5S-. The van der Waals surface area contributed by atoms with Gasteiger partial charge < -0.3 is 20.3 Å². The first-order chi connectivity index (χ1) is 12.9. The van der Waals surface area contributed by atoms with E-state index in [4.69, 9.17) is 9.84 Å². The lowest BCUT2D eigenvalue weighted by Gasteiger charge is -2.16. The molecule has 1 fully saturated rings. The SMILES string of the molecule is COc1cc(Br)cc(/C=C2\SC(=Nc3cccc(C(=O)O)c3)NC2=O)c1[O-]. The van der Waals surface area contributed by atoms with Crippen molar-refractivity contribution in [3.63, 3.8) is 0 Å². The number of carboxylic acid groups (broad SMARTS) is 1. The Morgan fingerprint density at radius 2 is 2.15 bits per heavy atom. The molecule has 0 atom stereocenters. The number of thioether (sulfide) groups is 1. The molecule has 1 saturated heterocycles. The number of aliphatic imine (C=N–C) groups is 1. The number of aromatic carboxylic acids is 1. The highest BCUT2D eigenvalue weighted by molar-refractivity contribution is 9.10. The normalized spacial score (nSPS) is 16.6. The summed E-state index contributed by atoms with van der Waals surface area (Å²) in [5.74, 6) is -1.63. The molecule has 1 heterocycles. The summed E-state index contributed by atoms with van der Waals surface area (Å²) in [6.45, 7) is 0.